The number of piperidine rings is 1. The van der Waals surface area contributed by atoms with Crippen molar-refractivity contribution < 1.29 is 9.59 Å². The predicted molar refractivity (Wildman–Crippen MR) is 74.0 cm³/mol. The monoisotopic (exact) mass is 280 g/mol. The summed E-state index contributed by atoms with van der Waals surface area (Å²) in [5.74, 6) is -0.357. The molecule has 0 radical (unpaired) electrons. The van der Waals surface area contributed by atoms with Gasteiger partial charge >= 0.3 is 0 Å². The Hall–Kier alpha value is -1.39. The number of primary amides is 1. The van der Waals surface area contributed by atoms with Crippen molar-refractivity contribution >= 4 is 23.8 Å². The van der Waals surface area contributed by atoms with Crippen LogP contribution in [-0.4, -0.2) is 30.2 Å². The highest BCUT2D eigenvalue weighted by Gasteiger charge is 2.20. The van der Waals surface area contributed by atoms with Crippen LogP contribution in [0.15, 0.2) is 18.2 Å². The van der Waals surface area contributed by atoms with Crippen LogP contribution in [0.2, 0.25) is 5.02 Å². The van der Waals surface area contributed by atoms with Crippen LogP contribution in [0.5, 0.6) is 0 Å². The fourth-order valence-electron chi connectivity index (χ4n) is 2.42. The summed E-state index contributed by atoms with van der Waals surface area (Å²) in [5, 5.41) is 0.546. The molecule has 0 spiro atoms. The van der Waals surface area contributed by atoms with E-state index in [0.29, 0.717) is 17.1 Å². The summed E-state index contributed by atoms with van der Waals surface area (Å²) < 4.78 is 0. The molecule has 0 aromatic heterocycles. The molecule has 2 N–H and O–H groups in total. The Morgan fingerprint density at radius 2 is 2.32 bits per heavy atom. The molecule has 1 saturated heterocycles. The van der Waals surface area contributed by atoms with Crippen LogP contribution in [0.3, 0.4) is 0 Å². The zero-order valence-electron chi connectivity index (χ0n) is 10.6. The van der Waals surface area contributed by atoms with Gasteiger partial charge in [-0.25, -0.2) is 0 Å². The van der Waals surface area contributed by atoms with Crippen molar-refractivity contribution in [1.82, 2.24) is 4.90 Å². The molecular formula is C14H17ClN2O2. The van der Waals surface area contributed by atoms with E-state index in [1.165, 1.54) is 0 Å². The summed E-state index contributed by atoms with van der Waals surface area (Å²) in [5.41, 5.74) is 6.58. The maximum atomic E-state index is 11.1. The van der Waals surface area contributed by atoms with E-state index in [2.05, 4.69) is 4.90 Å². The van der Waals surface area contributed by atoms with Gasteiger partial charge in [0.05, 0.1) is 0 Å². The largest absolute Gasteiger partial charge is 0.366 e. The molecule has 1 aromatic carbocycles. The highest BCUT2D eigenvalue weighted by atomic mass is 35.5. The summed E-state index contributed by atoms with van der Waals surface area (Å²) in [6.07, 6.45) is 3.03. The highest BCUT2D eigenvalue weighted by Crippen LogP contribution is 2.22. The number of nitrogens with zero attached hydrogens (tertiary/aromatic N) is 1. The van der Waals surface area contributed by atoms with Crippen molar-refractivity contribution in [2.75, 3.05) is 13.1 Å². The molecule has 0 aliphatic carbocycles. The normalized spacial score (nSPS) is 20.2. The lowest BCUT2D eigenvalue weighted by Gasteiger charge is -2.30. The third-order valence-electron chi connectivity index (χ3n) is 3.47. The van der Waals surface area contributed by atoms with E-state index in [1.54, 1.807) is 12.1 Å². The van der Waals surface area contributed by atoms with E-state index in [0.717, 1.165) is 37.8 Å². The molecule has 102 valence electrons. The molecule has 0 bridgehead atoms. The first-order chi connectivity index (χ1) is 9.10. The average Bonchev–Trinajstić information content (AvgIpc) is 2.41. The van der Waals surface area contributed by atoms with Crippen LogP contribution in [-0.2, 0) is 11.3 Å². The molecular weight excluding hydrogens is 264 g/mol. The predicted octanol–water partition coefficient (Wildman–Crippen LogP) is 1.85. The molecule has 5 heteroatoms. The Balaban J connectivity index is 2.06. The third-order valence-corrected chi connectivity index (χ3v) is 3.82. The lowest BCUT2D eigenvalue weighted by molar-refractivity contribution is -0.112. The summed E-state index contributed by atoms with van der Waals surface area (Å²) in [6.45, 7) is 2.44. The van der Waals surface area contributed by atoms with E-state index < -0.39 is 5.91 Å². The van der Waals surface area contributed by atoms with E-state index in [-0.39, 0.29) is 5.92 Å². The van der Waals surface area contributed by atoms with E-state index in [4.69, 9.17) is 17.3 Å². The minimum Gasteiger partial charge on any atom is -0.366 e. The van der Waals surface area contributed by atoms with Gasteiger partial charge in [0.25, 0.3) is 0 Å². The standard InChI is InChI=1S/C14H17ClN2O2/c15-13-6-11(14(16)19)3-4-12(13)8-17-5-1-2-10(7-17)9-18/h3-4,6,9-10H,1-2,5,7-8H2,(H2,16,19). The van der Waals surface area contributed by atoms with Crippen LogP contribution < -0.4 is 5.73 Å². The Morgan fingerprint density at radius 3 is 2.95 bits per heavy atom. The van der Waals surface area contributed by atoms with Gasteiger partial charge in [0.2, 0.25) is 5.91 Å². The number of amides is 1. The fourth-order valence-corrected chi connectivity index (χ4v) is 2.66. The Bertz CT molecular complexity index is 490. The number of benzene rings is 1. The molecule has 1 aliphatic heterocycles. The zero-order chi connectivity index (χ0) is 13.8. The minimum absolute atomic E-state index is 0.123. The average molecular weight is 281 g/mol. The molecule has 1 unspecified atom stereocenters. The van der Waals surface area contributed by atoms with Crippen molar-refractivity contribution in [3.63, 3.8) is 0 Å². The molecule has 19 heavy (non-hydrogen) atoms. The molecule has 0 saturated carbocycles. The number of likely N-dealkylation sites (tertiary alicyclic amines) is 1. The first kappa shape index (κ1) is 14.0. The Kier molecular flexibility index (Phi) is 4.56. The SMILES string of the molecule is NC(=O)c1ccc(CN2CCCC(C=O)C2)c(Cl)c1. The Morgan fingerprint density at radius 1 is 1.53 bits per heavy atom. The fraction of sp³-hybridized carbons (Fsp3) is 0.429. The molecule has 2 rings (SSSR count). The van der Waals surface area contributed by atoms with Crippen LogP contribution in [0, 0.1) is 5.92 Å². The second-order valence-electron chi connectivity index (χ2n) is 4.94. The lowest BCUT2D eigenvalue weighted by atomic mass is 9.99. The lowest BCUT2D eigenvalue weighted by Crippen LogP contribution is -2.35. The number of nitrogens with two attached hydrogens (primary N) is 1. The zero-order valence-corrected chi connectivity index (χ0v) is 11.4. The number of hydrogen-bond acceptors (Lipinski definition) is 3. The maximum Gasteiger partial charge on any atom is 0.248 e. The van der Waals surface area contributed by atoms with Gasteiger partial charge in [-0.15, -0.1) is 0 Å². The van der Waals surface area contributed by atoms with Crippen LogP contribution >= 0.6 is 11.6 Å². The molecule has 1 aliphatic rings. The molecule has 1 fully saturated rings. The van der Waals surface area contributed by atoms with Gasteiger partial charge < -0.3 is 10.5 Å². The number of carbonyl (C=O) groups is 2. The number of aldehydes is 1. The van der Waals surface area contributed by atoms with Crippen molar-refractivity contribution in [3.05, 3.63) is 34.3 Å². The summed E-state index contributed by atoms with van der Waals surface area (Å²) >= 11 is 6.16. The summed E-state index contributed by atoms with van der Waals surface area (Å²) in [7, 11) is 0. The van der Waals surface area contributed by atoms with E-state index >= 15 is 0 Å². The van der Waals surface area contributed by atoms with Gasteiger partial charge in [-0.1, -0.05) is 17.7 Å². The first-order valence-electron chi connectivity index (χ1n) is 6.36. The Labute approximate surface area is 117 Å². The second-order valence-corrected chi connectivity index (χ2v) is 5.35. The molecule has 4 nitrogen and oxygen atoms in total. The first-order valence-corrected chi connectivity index (χ1v) is 6.74. The van der Waals surface area contributed by atoms with Crippen molar-refractivity contribution in [1.29, 1.82) is 0 Å². The molecule has 1 aromatic rings. The van der Waals surface area contributed by atoms with Gasteiger partial charge in [0.15, 0.2) is 0 Å². The smallest absolute Gasteiger partial charge is 0.248 e. The van der Waals surface area contributed by atoms with Crippen LogP contribution in [0.1, 0.15) is 28.8 Å². The summed E-state index contributed by atoms with van der Waals surface area (Å²) in [6, 6.07) is 5.11. The van der Waals surface area contributed by atoms with Gasteiger partial charge in [0, 0.05) is 29.6 Å². The third kappa shape index (κ3) is 3.55. The maximum absolute atomic E-state index is 11.1. The molecule has 1 amide bonds. The van der Waals surface area contributed by atoms with E-state index in [1.807, 2.05) is 6.07 Å². The number of rotatable bonds is 4. The van der Waals surface area contributed by atoms with Crippen molar-refractivity contribution in [2.45, 2.75) is 19.4 Å². The van der Waals surface area contributed by atoms with Gasteiger partial charge in [-0.2, -0.15) is 0 Å². The molecule has 1 heterocycles. The topological polar surface area (TPSA) is 63.4 Å². The number of hydrogen-bond donors (Lipinski definition) is 1. The van der Waals surface area contributed by atoms with Crippen molar-refractivity contribution in [2.24, 2.45) is 11.7 Å². The van der Waals surface area contributed by atoms with Crippen LogP contribution in [0.4, 0.5) is 0 Å². The van der Waals surface area contributed by atoms with E-state index in [9.17, 15) is 9.59 Å². The quantitative estimate of drug-likeness (QED) is 0.856. The highest BCUT2D eigenvalue weighted by molar-refractivity contribution is 6.31. The minimum atomic E-state index is -0.479. The summed E-state index contributed by atoms with van der Waals surface area (Å²) in [4.78, 5) is 24.1. The van der Waals surface area contributed by atoms with Gasteiger partial charge in [-0.3, -0.25) is 9.69 Å². The van der Waals surface area contributed by atoms with Crippen molar-refractivity contribution in [3.8, 4) is 0 Å². The van der Waals surface area contributed by atoms with Crippen LogP contribution in [0.25, 0.3) is 0 Å². The van der Waals surface area contributed by atoms with Gasteiger partial charge in [0.1, 0.15) is 6.29 Å². The number of carbonyl (C=O) groups excluding carboxylic acids is 2. The second kappa shape index (κ2) is 6.17. The number of halogens is 1. The van der Waals surface area contributed by atoms with Gasteiger partial charge in [-0.05, 0) is 37.1 Å². The molecule has 1 atom stereocenters.